The summed E-state index contributed by atoms with van der Waals surface area (Å²) >= 11 is 0. The molecule has 6 heteroatoms. The van der Waals surface area contributed by atoms with Crippen LogP contribution in [0.4, 0.5) is 0 Å². The highest BCUT2D eigenvalue weighted by Crippen LogP contribution is 2.23. The number of hydrogen-bond donors (Lipinski definition) is 0. The molecule has 0 fully saturated rings. The Hall–Kier alpha value is -1.17. The maximum atomic E-state index is 4.96. The molecule has 0 saturated carbocycles. The fourth-order valence-electron chi connectivity index (χ4n) is 1.79. The van der Waals surface area contributed by atoms with Gasteiger partial charge in [-0.1, -0.05) is 67.1 Å². The molecule has 0 heterocycles. The van der Waals surface area contributed by atoms with Crippen molar-refractivity contribution in [1.82, 2.24) is 0 Å². The Morgan fingerprint density at radius 1 is 0.714 bits per heavy atom. The first-order chi connectivity index (χ1) is 9.91. The predicted molar refractivity (Wildman–Crippen MR) is 99.7 cm³/mol. The van der Waals surface area contributed by atoms with E-state index in [1.807, 2.05) is 0 Å². The molecule has 2 rings (SSSR count). The Morgan fingerprint density at radius 3 is 1.57 bits per heavy atom. The third-order valence-electron chi connectivity index (χ3n) is 3.32. The van der Waals surface area contributed by atoms with Crippen LogP contribution in [0.25, 0.3) is 0 Å². The summed E-state index contributed by atoms with van der Waals surface area (Å²) in [6, 6.07) is 19.4. The summed E-state index contributed by atoms with van der Waals surface area (Å²) in [7, 11) is 19.9. The fraction of sp³-hybridized carbons (Fsp3) is 0.200. The van der Waals surface area contributed by atoms with Gasteiger partial charge in [0.05, 0.1) is 0 Å². The van der Waals surface area contributed by atoms with Crippen molar-refractivity contribution < 1.29 is 0 Å². The Balaban J connectivity index is 0.000000315. The normalized spacial score (nSPS) is 11.0. The van der Waals surface area contributed by atoms with E-state index in [0.717, 1.165) is 0 Å². The van der Waals surface area contributed by atoms with E-state index in [0.29, 0.717) is 5.92 Å². The van der Waals surface area contributed by atoms with Gasteiger partial charge in [-0.15, -0.1) is 0 Å². The summed E-state index contributed by atoms with van der Waals surface area (Å²) < 4.78 is 0. The molecule has 8 radical (unpaired) electrons. The lowest BCUT2D eigenvalue weighted by atomic mass is 8.81. The standard InChI is InChI=1S/C15H16.B6/c1-12-8-10-15(11-9-12)13(2)14-6-4-3-5-7-14;1-5(2)6(3)4/h3-11,13H,1-2H3;. The number of rotatable bonds is 3. The summed E-state index contributed by atoms with van der Waals surface area (Å²) in [5.74, 6) is 0.479. The van der Waals surface area contributed by atoms with Crippen LogP contribution in [-0.2, 0) is 0 Å². The Morgan fingerprint density at radius 2 is 1.14 bits per heavy atom. The zero-order chi connectivity index (χ0) is 15.8. The molecule has 94 valence electrons. The molecular weight excluding hydrogens is 245 g/mol. The van der Waals surface area contributed by atoms with E-state index in [-0.39, 0.29) is 0 Å². The Bertz CT molecular complexity index is 503. The number of benzene rings is 2. The summed E-state index contributed by atoms with van der Waals surface area (Å²) in [6.45, 7) is 4.37. The second-order valence-electron chi connectivity index (χ2n) is 5.20. The van der Waals surface area contributed by atoms with Crippen molar-refractivity contribution in [3.05, 3.63) is 71.3 Å². The topological polar surface area (TPSA) is 0 Å². The summed E-state index contributed by atoms with van der Waals surface area (Å²) in [4.78, 5) is 0. The molecular formula is C15H16B6. The molecule has 0 nitrogen and oxygen atoms in total. The average Bonchev–Trinajstić information content (AvgIpc) is 2.49. The Labute approximate surface area is 135 Å². The molecule has 1 unspecified atom stereocenters. The van der Waals surface area contributed by atoms with Gasteiger partial charge >= 0.3 is 0 Å². The summed E-state index contributed by atoms with van der Waals surface area (Å²) in [5, 5.41) is 0. The zero-order valence-electron chi connectivity index (χ0n) is 12.7. The lowest BCUT2D eigenvalue weighted by Gasteiger charge is -2.12. The van der Waals surface area contributed by atoms with E-state index < -0.39 is 12.8 Å². The highest BCUT2D eigenvalue weighted by molar-refractivity contribution is 7.76. The summed E-state index contributed by atoms with van der Waals surface area (Å²) in [5.41, 5.74) is 4.08. The highest BCUT2D eigenvalue weighted by Gasteiger charge is 2.06. The summed E-state index contributed by atoms with van der Waals surface area (Å²) in [6.07, 6.45) is -1.19. The lowest BCUT2D eigenvalue weighted by molar-refractivity contribution is 0.921. The van der Waals surface area contributed by atoms with Gasteiger partial charge in [-0.05, 0) is 18.1 Å². The third kappa shape index (κ3) is 6.42. The van der Waals surface area contributed by atoms with Crippen LogP contribution in [0.5, 0.6) is 0 Å². The highest BCUT2D eigenvalue weighted by atomic mass is 14.1. The minimum atomic E-state index is -0.593. The van der Waals surface area contributed by atoms with Gasteiger partial charge < -0.3 is 0 Å². The minimum absolute atomic E-state index is 0.479. The first-order valence-electron chi connectivity index (χ1n) is 7.05. The maximum Gasteiger partial charge on any atom is 0.00610 e. The number of hydrogen-bond acceptors (Lipinski definition) is 0. The van der Waals surface area contributed by atoms with Gasteiger partial charge in [-0.3, -0.25) is 0 Å². The quantitative estimate of drug-likeness (QED) is 0.740. The van der Waals surface area contributed by atoms with Crippen LogP contribution in [0.3, 0.4) is 0 Å². The second-order valence-corrected chi connectivity index (χ2v) is 5.20. The average molecular weight is 261 g/mol. The molecule has 0 aliphatic heterocycles. The second kappa shape index (κ2) is 8.97. The first-order valence-corrected chi connectivity index (χ1v) is 7.05. The molecule has 21 heavy (non-hydrogen) atoms. The van der Waals surface area contributed by atoms with E-state index in [4.69, 9.17) is 30.9 Å². The third-order valence-corrected chi connectivity index (χ3v) is 3.32. The molecule has 0 aliphatic rings. The van der Waals surface area contributed by atoms with Gasteiger partial charge in [0.2, 0.25) is 0 Å². The van der Waals surface area contributed by atoms with Gasteiger partial charge in [-0.25, -0.2) is 0 Å². The molecule has 0 amide bonds. The van der Waals surface area contributed by atoms with Crippen LogP contribution in [0.2, 0.25) is 0 Å². The zero-order valence-corrected chi connectivity index (χ0v) is 12.7. The lowest BCUT2D eigenvalue weighted by Crippen LogP contribution is -2.38. The molecule has 2 aromatic rings. The van der Waals surface area contributed by atoms with E-state index in [2.05, 4.69) is 68.4 Å². The van der Waals surface area contributed by atoms with Gasteiger partial charge in [0.1, 0.15) is 0 Å². The van der Waals surface area contributed by atoms with Crippen molar-refractivity contribution >= 4 is 43.7 Å². The molecule has 0 N–H and O–H groups in total. The molecule has 0 spiro atoms. The van der Waals surface area contributed by atoms with E-state index in [1.54, 1.807) is 0 Å². The van der Waals surface area contributed by atoms with Crippen molar-refractivity contribution in [3.63, 3.8) is 0 Å². The van der Waals surface area contributed by atoms with Crippen molar-refractivity contribution in [2.75, 3.05) is 0 Å². The molecule has 0 saturated heterocycles. The van der Waals surface area contributed by atoms with E-state index in [9.17, 15) is 0 Å². The van der Waals surface area contributed by atoms with E-state index in [1.165, 1.54) is 16.7 Å². The molecule has 1 atom stereocenters. The smallest absolute Gasteiger partial charge is 0.00610 e. The van der Waals surface area contributed by atoms with E-state index >= 15 is 0 Å². The largest absolute Gasteiger partial charge is 0.0622 e. The minimum Gasteiger partial charge on any atom is -0.0622 e. The first kappa shape index (κ1) is 17.9. The van der Waals surface area contributed by atoms with Crippen molar-refractivity contribution in [3.8, 4) is 0 Å². The maximum absolute atomic E-state index is 4.96. The SMILES string of the molecule is Cc1ccc(C(C)c2ccccc2)cc1.[B]B([B])B([B])[B]. The Kier molecular flexibility index (Phi) is 7.64. The van der Waals surface area contributed by atoms with Crippen molar-refractivity contribution in [1.29, 1.82) is 0 Å². The predicted octanol–water partition coefficient (Wildman–Crippen LogP) is 1.86. The van der Waals surface area contributed by atoms with Crippen LogP contribution in [-0.4, -0.2) is 43.7 Å². The van der Waals surface area contributed by atoms with Crippen LogP contribution < -0.4 is 0 Å². The van der Waals surface area contributed by atoms with Gasteiger partial charge in [0.25, 0.3) is 0 Å². The molecule has 0 aromatic heterocycles. The van der Waals surface area contributed by atoms with Crippen LogP contribution in [0.15, 0.2) is 54.6 Å². The van der Waals surface area contributed by atoms with Crippen molar-refractivity contribution in [2.45, 2.75) is 19.8 Å². The van der Waals surface area contributed by atoms with Crippen molar-refractivity contribution in [2.24, 2.45) is 0 Å². The van der Waals surface area contributed by atoms with Crippen LogP contribution in [0, 0.1) is 6.92 Å². The molecule has 0 bridgehead atoms. The molecule has 2 aromatic carbocycles. The fourth-order valence-corrected chi connectivity index (χ4v) is 1.79. The van der Waals surface area contributed by atoms with Gasteiger partial charge in [-0.2, -0.15) is 0 Å². The monoisotopic (exact) mass is 262 g/mol. The number of aryl methyl sites for hydroxylation is 1. The van der Waals surface area contributed by atoms with Crippen LogP contribution in [0.1, 0.15) is 29.5 Å². The van der Waals surface area contributed by atoms with Gasteiger partial charge in [0.15, 0.2) is 0 Å². The molecule has 0 aliphatic carbocycles. The van der Waals surface area contributed by atoms with Gasteiger partial charge in [0, 0.05) is 49.6 Å². The van der Waals surface area contributed by atoms with Crippen LogP contribution >= 0.6 is 0 Å².